The number of nitrogens with one attached hydrogen (secondary N) is 1. The molecule has 24 heavy (non-hydrogen) atoms. The lowest BCUT2D eigenvalue weighted by Crippen LogP contribution is -2.50. The van der Waals surface area contributed by atoms with Crippen molar-refractivity contribution in [2.45, 2.75) is 63.6 Å². The van der Waals surface area contributed by atoms with Gasteiger partial charge in [-0.25, -0.2) is 0 Å². The summed E-state index contributed by atoms with van der Waals surface area (Å²) in [6.07, 6.45) is 6.14. The molecule has 0 saturated heterocycles. The first-order chi connectivity index (χ1) is 11.6. The Morgan fingerprint density at radius 3 is 2.58 bits per heavy atom. The van der Waals surface area contributed by atoms with Gasteiger partial charge in [0.25, 0.3) is 0 Å². The summed E-state index contributed by atoms with van der Waals surface area (Å²) < 4.78 is 0. The molecule has 2 saturated carbocycles. The van der Waals surface area contributed by atoms with Crippen molar-refractivity contribution in [3.05, 3.63) is 35.9 Å². The largest absolute Gasteiger partial charge is 0.337 e. The maximum atomic E-state index is 12.6. The molecule has 1 unspecified atom stereocenters. The Balaban J connectivity index is 1.64. The summed E-state index contributed by atoms with van der Waals surface area (Å²) in [5.41, 5.74) is 0.604. The number of benzene rings is 1. The Labute approximate surface area is 144 Å². The maximum Gasteiger partial charge on any atom is 0.235 e. The van der Waals surface area contributed by atoms with Crippen LogP contribution in [0.1, 0.15) is 51.0 Å². The molecule has 1 aromatic carbocycles. The van der Waals surface area contributed by atoms with E-state index in [4.69, 9.17) is 0 Å². The predicted octanol–water partition coefficient (Wildman–Crippen LogP) is 3.24. The molecule has 0 bridgehead atoms. The molecule has 2 fully saturated rings. The van der Waals surface area contributed by atoms with Crippen molar-refractivity contribution >= 4 is 5.91 Å². The molecule has 3 rings (SSSR count). The lowest BCUT2D eigenvalue weighted by Gasteiger charge is -2.30. The third-order valence-corrected chi connectivity index (χ3v) is 5.51. The summed E-state index contributed by atoms with van der Waals surface area (Å²) in [4.78, 5) is 14.9. The molecule has 0 radical (unpaired) electrons. The number of rotatable bonds is 7. The van der Waals surface area contributed by atoms with Crippen molar-refractivity contribution in [2.24, 2.45) is 5.92 Å². The summed E-state index contributed by atoms with van der Waals surface area (Å²) in [6.45, 7) is 3.38. The fourth-order valence-electron chi connectivity index (χ4n) is 3.77. The Kier molecular flexibility index (Phi) is 5.20. The molecule has 0 aliphatic heterocycles. The lowest BCUT2D eigenvalue weighted by atomic mass is 10.00. The number of amides is 1. The third-order valence-electron chi connectivity index (χ3n) is 5.51. The molecule has 128 valence electrons. The normalized spacial score (nSPS) is 20.5. The fraction of sp³-hybridized carbons (Fsp3) is 0.600. The number of nitriles is 1. The molecule has 4 heteroatoms. The number of carbonyl (C=O) groups is 1. The Morgan fingerprint density at radius 1 is 1.33 bits per heavy atom. The molecule has 1 N–H and O–H groups in total. The van der Waals surface area contributed by atoms with Crippen LogP contribution in [0.15, 0.2) is 30.3 Å². The van der Waals surface area contributed by atoms with Gasteiger partial charge in [-0.15, -0.1) is 0 Å². The van der Waals surface area contributed by atoms with E-state index in [0.29, 0.717) is 18.5 Å². The zero-order valence-electron chi connectivity index (χ0n) is 14.5. The Bertz CT molecular complexity index is 597. The van der Waals surface area contributed by atoms with E-state index in [0.717, 1.165) is 32.2 Å². The number of nitrogens with zero attached hydrogens (tertiary/aromatic N) is 2. The van der Waals surface area contributed by atoms with Crippen LogP contribution in [0.2, 0.25) is 0 Å². The van der Waals surface area contributed by atoms with E-state index in [9.17, 15) is 10.1 Å². The SMILES string of the molecule is CC(C1CC1)N(CC(=O)NC1(C#N)CCCC1)Cc1ccccc1. The van der Waals surface area contributed by atoms with Gasteiger partial charge < -0.3 is 5.32 Å². The lowest BCUT2D eigenvalue weighted by molar-refractivity contribution is -0.124. The number of carbonyl (C=O) groups excluding carboxylic acids is 1. The van der Waals surface area contributed by atoms with E-state index in [1.807, 2.05) is 18.2 Å². The fourth-order valence-corrected chi connectivity index (χ4v) is 3.77. The van der Waals surface area contributed by atoms with E-state index >= 15 is 0 Å². The minimum absolute atomic E-state index is 0.0121. The molecule has 2 aliphatic carbocycles. The first-order valence-corrected chi connectivity index (χ1v) is 9.12. The molecule has 1 aromatic rings. The summed E-state index contributed by atoms with van der Waals surface area (Å²) in [6, 6.07) is 13.1. The highest BCUT2D eigenvalue weighted by Crippen LogP contribution is 2.35. The van der Waals surface area contributed by atoms with E-state index in [1.165, 1.54) is 18.4 Å². The zero-order valence-corrected chi connectivity index (χ0v) is 14.5. The quantitative estimate of drug-likeness (QED) is 0.837. The first-order valence-electron chi connectivity index (χ1n) is 9.12. The predicted molar refractivity (Wildman–Crippen MR) is 94.0 cm³/mol. The molecule has 0 heterocycles. The highest BCUT2D eigenvalue weighted by Gasteiger charge is 2.37. The van der Waals surface area contributed by atoms with Gasteiger partial charge >= 0.3 is 0 Å². The van der Waals surface area contributed by atoms with E-state index < -0.39 is 5.54 Å². The summed E-state index contributed by atoms with van der Waals surface area (Å²) in [7, 11) is 0. The Hall–Kier alpha value is -1.86. The Morgan fingerprint density at radius 2 is 2.00 bits per heavy atom. The van der Waals surface area contributed by atoms with E-state index in [1.54, 1.807) is 0 Å². The molecule has 1 atom stereocenters. The molecule has 4 nitrogen and oxygen atoms in total. The smallest absolute Gasteiger partial charge is 0.235 e. The average Bonchev–Trinajstić information content (AvgIpc) is 3.34. The van der Waals surface area contributed by atoms with Crippen molar-refractivity contribution in [1.29, 1.82) is 5.26 Å². The minimum Gasteiger partial charge on any atom is -0.337 e. The van der Waals surface area contributed by atoms with Crippen molar-refractivity contribution in [2.75, 3.05) is 6.54 Å². The summed E-state index contributed by atoms with van der Waals surface area (Å²) in [5, 5.41) is 12.5. The first kappa shape index (κ1) is 17.0. The minimum atomic E-state index is -0.627. The summed E-state index contributed by atoms with van der Waals surface area (Å²) in [5.74, 6) is 0.694. The second-order valence-corrected chi connectivity index (χ2v) is 7.42. The molecular weight excluding hydrogens is 298 g/mol. The highest BCUT2D eigenvalue weighted by molar-refractivity contribution is 5.79. The van der Waals surface area contributed by atoms with Gasteiger partial charge in [-0.3, -0.25) is 9.69 Å². The monoisotopic (exact) mass is 325 g/mol. The topological polar surface area (TPSA) is 56.1 Å². The van der Waals surface area contributed by atoms with Gasteiger partial charge in [0.05, 0.1) is 12.6 Å². The van der Waals surface area contributed by atoms with Crippen molar-refractivity contribution < 1.29 is 4.79 Å². The van der Waals surface area contributed by atoms with Gasteiger partial charge in [0, 0.05) is 12.6 Å². The number of hydrogen-bond acceptors (Lipinski definition) is 3. The van der Waals surface area contributed by atoms with Crippen LogP contribution < -0.4 is 5.32 Å². The highest BCUT2D eigenvalue weighted by atomic mass is 16.2. The molecule has 2 aliphatic rings. The summed E-state index contributed by atoms with van der Waals surface area (Å²) >= 11 is 0. The number of hydrogen-bond donors (Lipinski definition) is 1. The molecular formula is C20H27N3O. The van der Waals surface area contributed by atoms with Crippen LogP contribution >= 0.6 is 0 Å². The van der Waals surface area contributed by atoms with Gasteiger partial charge in [-0.2, -0.15) is 5.26 Å². The van der Waals surface area contributed by atoms with Crippen LogP contribution in [0.25, 0.3) is 0 Å². The van der Waals surface area contributed by atoms with E-state index in [-0.39, 0.29) is 5.91 Å². The van der Waals surface area contributed by atoms with Crippen LogP contribution in [-0.2, 0) is 11.3 Å². The standard InChI is InChI=1S/C20H27N3O/c1-16(18-9-10-18)23(13-17-7-3-2-4-8-17)14-19(24)22-20(15-21)11-5-6-12-20/h2-4,7-8,16,18H,5-6,9-14H2,1H3,(H,22,24). The van der Waals surface area contributed by atoms with Crippen LogP contribution in [0.5, 0.6) is 0 Å². The van der Waals surface area contributed by atoms with Crippen molar-refractivity contribution in [3.63, 3.8) is 0 Å². The second-order valence-electron chi connectivity index (χ2n) is 7.42. The van der Waals surface area contributed by atoms with Gasteiger partial charge in [0.2, 0.25) is 5.91 Å². The van der Waals surface area contributed by atoms with Gasteiger partial charge in [-0.1, -0.05) is 30.3 Å². The maximum absolute atomic E-state index is 12.6. The van der Waals surface area contributed by atoms with Crippen molar-refractivity contribution in [3.8, 4) is 6.07 Å². The van der Waals surface area contributed by atoms with Gasteiger partial charge in [0.1, 0.15) is 5.54 Å². The van der Waals surface area contributed by atoms with Crippen LogP contribution in [0.3, 0.4) is 0 Å². The van der Waals surface area contributed by atoms with Gasteiger partial charge in [-0.05, 0) is 56.9 Å². The molecule has 0 aromatic heterocycles. The van der Waals surface area contributed by atoms with Gasteiger partial charge in [0.15, 0.2) is 0 Å². The molecule has 1 amide bonds. The average molecular weight is 325 g/mol. The van der Waals surface area contributed by atoms with Crippen LogP contribution in [-0.4, -0.2) is 28.9 Å². The van der Waals surface area contributed by atoms with Crippen LogP contribution in [0, 0.1) is 17.2 Å². The van der Waals surface area contributed by atoms with Crippen LogP contribution in [0.4, 0.5) is 0 Å². The zero-order chi connectivity index (χ0) is 17.0. The van der Waals surface area contributed by atoms with Crippen molar-refractivity contribution in [1.82, 2.24) is 10.2 Å². The third kappa shape index (κ3) is 4.15. The second kappa shape index (κ2) is 7.36. The van der Waals surface area contributed by atoms with E-state index in [2.05, 4.69) is 35.3 Å². The molecule has 0 spiro atoms.